The van der Waals surface area contributed by atoms with E-state index in [2.05, 4.69) is 60.8 Å². The van der Waals surface area contributed by atoms with Gasteiger partial charge in [0.1, 0.15) is 22.9 Å². The van der Waals surface area contributed by atoms with Gasteiger partial charge in [-0.25, -0.2) is 4.98 Å². The van der Waals surface area contributed by atoms with E-state index in [1.165, 1.54) is 5.56 Å². The van der Waals surface area contributed by atoms with E-state index in [4.69, 9.17) is 4.98 Å². The molecular formula is C23H23N3O. The summed E-state index contributed by atoms with van der Waals surface area (Å²) in [6.45, 7) is 6.46. The van der Waals surface area contributed by atoms with Gasteiger partial charge >= 0.3 is 0 Å². The Morgan fingerprint density at radius 3 is 2.30 bits per heavy atom. The number of phenolic OH excluding ortho intramolecular Hbond substituents is 1. The predicted molar refractivity (Wildman–Crippen MR) is 111 cm³/mol. The first kappa shape index (κ1) is 17.2. The fourth-order valence-corrected chi connectivity index (χ4v) is 3.28. The molecule has 2 aromatic heterocycles. The number of aromatic hydroxyl groups is 1. The van der Waals surface area contributed by atoms with Crippen LogP contribution in [0.25, 0.3) is 16.9 Å². The second-order valence-electron chi connectivity index (χ2n) is 7.12. The van der Waals surface area contributed by atoms with Gasteiger partial charge in [-0.15, -0.1) is 0 Å². The standard InChI is InChI=1S/C23H23N3O/c1-15(2)17-7-11-19(12-8-17)24-23-22(18-9-13-20(27)14-10-18)25-21-6-4-5-16(3)26(21)23/h4-15,24,27H,1-3H3. The fraction of sp³-hybridized carbons (Fsp3) is 0.174. The highest BCUT2D eigenvalue weighted by Gasteiger charge is 2.16. The van der Waals surface area contributed by atoms with E-state index in [-0.39, 0.29) is 5.75 Å². The van der Waals surface area contributed by atoms with Crippen LogP contribution in [-0.4, -0.2) is 14.5 Å². The Morgan fingerprint density at radius 1 is 0.926 bits per heavy atom. The van der Waals surface area contributed by atoms with Crippen LogP contribution in [0.15, 0.2) is 66.7 Å². The molecule has 27 heavy (non-hydrogen) atoms. The Morgan fingerprint density at radius 2 is 1.63 bits per heavy atom. The number of benzene rings is 2. The minimum absolute atomic E-state index is 0.248. The lowest BCUT2D eigenvalue weighted by atomic mass is 10.0. The highest BCUT2D eigenvalue weighted by Crippen LogP contribution is 2.33. The van der Waals surface area contributed by atoms with Crippen molar-refractivity contribution in [3.63, 3.8) is 0 Å². The SMILES string of the molecule is Cc1cccc2nc(-c3ccc(O)cc3)c(Nc3ccc(C(C)C)cc3)n12. The van der Waals surface area contributed by atoms with Crippen molar-refractivity contribution >= 4 is 17.2 Å². The number of aryl methyl sites for hydroxylation is 1. The van der Waals surface area contributed by atoms with Gasteiger partial charge < -0.3 is 10.4 Å². The third-order valence-electron chi connectivity index (χ3n) is 4.82. The molecule has 4 rings (SSSR count). The van der Waals surface area contributed by atoms with Crippen molar-refractivity contribution in [3.05, 3.63) is 78.0 Å². The van der Waals surface area contributed by atoms with E-state index in [9.17, 15) is 5.11 Å². The van der Waals surface area contributed by atoms with Crippen molar-refractivity contribution in [2.24, 2.45) is 0 Å². The number of fused-ring (bicyclic) bond motifs is 1. The molecule has 4 nitrogen and oxygen atoms in total. The number of nitrogens with zero attached hydrogens (tertiary/aromatic N) is 2. The lowest BCUT2D eigenvalue weighted by molar-refractivity contribution is 0.475. The number of anilines is 2. The van der Waals surface area contributed by atoms with E-state index in [1.54, 1.807) is 12.1 Å². The Hall–Kier alpha value is -3.27. The number of hydrogen-bond acceptors (Lipinski definition) is 3. The molecule has 2 N–H and O–H groups in total. The van der Waals surface area contributed by atoms with Crippen LogP contribution in [0.2, 0.25) is 0 Å². The average molecular weight is 357 g/mol. The Balaban J connectivity index is 1.84. The number of phenols is 1. The molecule has 0 fully saturated rings. The molecule has 0 atom stereocenters. The highest BCUT2D eigenvalue weighted by molar-refractivity contribution is 5.80. The largest absolute Gasteiger partial charge is 0.508 e. The summed E-state index contributed by atoms with van der Waals surface area (Å²) >= 11 is 0. The molecule has 0 bridgehead atoms. The van der Waals surface area contributed by atoms with E-state index in [1.807, 2.05) is 24.3 Å². The quantitative estimate of drug-likeness (QED) is 0.479. The van der Waals surface area contributed by atoms with Crippen LogP contribution in [0.1, 0.15) is 31.0 Å². The van der Waals surface area contributed by atoms with E-state index >= 15 is 0 Å². The van der Waals surface area contributed by atoms with Crippen LogP contribution >= 0.6 is 0 Å². The first-order chi connectivity index (χ1) is 13.0. The zero-order valence-electron chi connectivity index (χ0n) is 15.8. The van der Waals surface area contributed by atoms with Gasteiger partial charge in [0.05, 0.1) is 0 Å². The summed E-state index contributed by atoms with van der Waals surface area (Å²) < 4.78 is 2.12. The smallest absolute Gasteiger partial charge is 0.143 e. The van der Waals surface area contributed by atoms with Crippen LogP contribution in [0, 0.1) is 6.92 Å². The van der Waals surface area contributed by atoms with Crippen molar-refractivity contribution < 1.29 is 5.11 Å². The molecule has 0 spiro atoms. The summed E-state index contributed by atoms with van der Waals surface area (Å²) in [5, 5.41) is 13.2. The van der Waals surface area contributed by atoms with Gasteiger partial charge in [-0.2, -0.15) is 0 Å². The maximum atomic E-state index is 9.62. The third-order valence-corrected chi connectivity index (χ3v) is 4.82. The number of hydrogen-bond donors (Lipinski definition) is 2. The minimum Gasteiger partial charge on any atom is -0.508 e. The van der Waals surface area contributed by atoms with Crippen molar-refractivity contribution in [1.29, 1.82) is 0 Å². The lowest BCUT2D eigenvalue weighted by Gasteiger charge is -2.12. The molecule has 136 valence electrons. The van der Waals surface area contributed by atoms with Crippen molar-refractivity contribution in [2.75, 3.05) is 5.32 Å². The summed E-state index contributed by atoms with van der Waals surface area (Å²) in [7, 11) is 0. The lowest BCUT2D eigenvalue weighted by Crippen LogP contribution is -1.99. The van der Waals surface area contributed by atoms with E-state index < -0.39 is 0 Å². The topological polar surface area (TPSA) is 49.6 Å². The first-order valence-electron chi connectivity index (χ1n) is 9.17. The summed E-state index contributed by atoms with van der Waals surface area (Å²) in [6, 6.07) is 21.8. The van der Waals surface area contributed by atoms with Crippen LogP contribution in [-0.2, 0) is 0 Å². The maximum Gasteiger partial charge on any atom is 0.143 e. The number of nitrogens with one attached hydrogen (secondary N) is 1. The second kappa shape index (κ2) is 6.80. The van der Waals surface area contributed by atoms with Gasteiger partial charge in [0.15, 0.2) is 0 Å². The number of pyridine rings is 1. The maximum absolute atomic E-state index is 9.62. The zero-order chi connectivity index (χ0) is 19.0. The van der Waals surface area contributed by atoms with E-state index in [0.717, 1.165) is 34.1 Å². The molecule has 0 radical (unpaired) electrons. The predicted octanol–water partition coefficient (Wildman–Crippen LogP) is 5.88. The minimum atomic E-state index is 0.248. The Bertz CT molecular complexity index is 1080. The van der Waals surface area contributed by atoms with Gasteiger partial charge in [-0.1, -0.05) is 32.0 Å². The van der Waals surface area contributed by atoms with Crippen molar-refractivity contribution in [3.8, 4) is 17.0 Å². The number of rotatable bonds is 4. The van der Waals surface area contributed by atoms with Crippen LogP contribution < -0.4 is 5.32 Å². The molecule has 0 saturated carbocycles. The summed E-state index contributed by atoms with van der Waals surface area (Å²) in [4.78, 5) is 4.83. The number of aromatic nitrogens is 2. The van der Waals surface area contributed by atoms with Crippen molar-refractivity contribution in [2.45, 2.75) is 26.7 Å². The number of imidazole rings is 1. The molecule has 4 aromatic rings. The van der Waals surface area contributed by atoms with Crippen LogP contribution in [0.3, 0.4) is 0 Å². The Labute approximate surface area is 159 Å². The van der Waals surface area contributed by atoms with Gasteiger partial charge in [-0.05, 0) is 66.9 Å². The Kier molecular flexibility index (Phi) is 4.32. The van der Waals surface area contributed by atoms with Gasteiger partial charge in [0.2, 0.25) is 0 Å². The highest BCUT2D eigenvalue weighted by atomic mass is 16.3. The van der Waals surface area contributed by atoms with Gasteiger partial charge in [0, 0.05) is 16.9 Å². The van der Waals surface area contributed by atoms with Crippen molar-refractivity contribution in [1.82, 2.24) is 9.38 Å². The molecule has 0 aliphatic rings. The molecular weight excluding hydrogens is 334 g/mol. The average Bonchev–Trinajstić information content (AvgIpc) is 3.02. The molecule has 0 saturated heterocycles. The molecule has 2 heterocycles. The zero-order valence-corrected chi connectivity index (χ0v) is 15.8. The molecule has 2 aromatic carbocycles. The normalized spacial score (nSPS) is 11.3. The summed E-state index contributed by atoms with van der Waals surface area (Å²) in [6.07, 6.45) is 0. The second-order valence-corrected chi connectivity index (χ2v) is 7.12. The van der Waals surface area contributed by atoms with Gasteiger partial charge in [0.25, 0.3) is 0 Å². The van der Waals surface area contributed by atoms with E-state index in [0.29, 0.717) is 5.92 Å². The van der Waals surface area contributed by atoms with Crippen LogP contribution in [0.4, 0.5) is 11.5 Å². The molecule has 0 aliphatic heterocycles. The monoisotopic (exact) mass is 357 g/mol. The molecule has 4 heteroatoms. The van der Waals surface area contributed by atoms with Crippen LogP contribution in [0.5, 0.6) is 5.75 Å². The molecule has 0 amide bonds. The first-order valence-corrected chi connectivity index (χ1v) is 9.17. The van der Waals surface area contributed by atoms with Gasteiger partial charge in [-0.3, -0.25) is 4.40 Å². The summed E-state index contributed by atoms with van der Waals surface area (Å²) in [5.41, 5.74) is 6.14. The third kappa shape index (κ3) is 3.26. The molecule has 0 unspecified atom stereocenters. The molecule has 0 aliphatic carbocycles. The fourth-order valence-electron chi connectivity index (χ4n) is 3.28. The summed E-state index contributed by atoms with van der Waals surface area (Å²) in [5.74, 6) is 1.67.